The van der Waals surface area contributed by atoms with E-state index in [4.69, 9.17) is 10.5 Å². The molecular formula is C11H11F3N6O2. The molecule has 0 unspecified atom stereocenters. The van der Waals surface area contributed by atoms with Gasteiger partial charge in [-0.1, -0.05) is 0 Å². The highest BCUT2D eigenvalue weighted by molar-refractivity contribution is 5.87. The summed E-state index contributed by atoms with van der Waals surface area (Å²) in [7, 11) is 1.42. The summed E-state index contributed by atoms with van der Waals surface area (Å²) in [6.45, 7) is 0.0999. The van der Waals surface area contributed by atoms with Crippen LogP contribution in [0.5, 0.6) is 0 Å². The van der Waals surface area contributed by atoms with E-state index < -0.39 is 23.6 Å². The van der Waals surface area contributed by atoms with E-state index in [9.17, 15) is 18.0 Å². The van der Waals surface area contributed by atoms with Gasteiger partial charge in [-0.15, -0.1) is 9.90 Å². The van der Waals surface area contributed by atoms with Crippen molar-refractivity contribution in [3.8, 4) is 5.82 Å². The van der Waals surface area contributed by atoms with Gasteiger partial charge < -0.3 is 15.8 Å². The van der Waals surface area contributed by atoms with Crippen LogP contribution in [0, 0.1) is 0 Å². The number of hydrogen-bond donors (Lipinski definition) is 2. The van der Waals surface area contributed by atoms with E-state index >= 15 is 0 Å². The van der Waals surface area contributed by atoms with E-state index in [0.29, 0.717) is 11.8 Å². The lowest BCUT2D eigenvalue weighted by Crippen LogP contribution is -2.21. The van der Waals surface area contributed by atoms with Crippen LogP contribution in [0.15, 0.2) is 18.5 Å². The number of carbonyl (C=O) groups excluding carboxylic acids is 1. The number of pyridine rings is 1. The zero-order valence-electron chi connectivity index (χ0n) is 11.3. The predicted molar refractivity (Wildman–Crippen MR) is 68.1 cm³/mol. The number of nitrogens with zero attached hydrogens (tertiary/aromatic N) is 4. The largest absolute Gasteiger partial charge is 0.420 e. The third kappa shape index (κ3) is 3.49. The van der Waals surface area contributed by atoms with Crippen molar-refractivity contribution >= 4 is 11.7 Å². The Hall–Kier alpha value is -2.69. The lowest BCUT2D eigenvalue weighted by molar-refractivity contribution is -0.137. The minimum absolute atomic E-state index is 0.0999. The van der Waals surface area contributed by atoms with Crippen molar-refractivity contribution in [2.75, 3.05) is 12.4 Å². The monoisotopic (exact) mass is 316 g/mol. The van der Waals surface area contributed by atoms with E-state index in [1.54, 1.807) is 0 Å². The van der Waals surface area contributed by atoms with Crippen LogP contribution >= 0.6 is 0 Å². The van der Waals surface area contributed by atoms with Gasteiger partial charge >= 0.3 is 12.2 Å². The van der Waals surface area contributed by atoms with E-state index in [1.165, 1.54) is 13.3 Å². The molecule has 0 aromatic carbocycles. The SMILES string of the molecule is COCc1cnn(-c2ncc(NC(N)=O)cc2C(F)(F)F)n1. The van der Waals surface area contributed by atoms with Crippen LogP contribution in [-0.4, -0.2) is 33.1 Å². The van der Waals surface area contributed by atoms with Crippen molar-refractivity contribution in [3.05, 3.63) is 29.7 Å². The number of ether oxygens (including phenoxy) is 1. The highest BCUT2D eigenvalue weighted by atomic mass is 19.4. The zero-order chi connectivity index (χ0) is 16.3. The number of rotatable bonds is 4. The second-order valence-corrected chi connectivity index (χ2v) is 4.14. The maximum absolute atomic E-state index is 13.1. The third-order valence-corrected chi connectivity index (χ3v) is 2.46. The van der Waals surface area contributed by atoms with Crippen LogP contribution in [-0.2, 0) is 17.5 Å². The van der Waals surface area contributed by atoms with Crippen molar-refractivity contribution < 1.29 is 22.7 Å². The first kappa shape index (κ1) is 15.7. The van der Waals surface area contributed by atoms with Crippen LogP contribution < -0.4 is 11.1 Å². The summed E-state index contributed by atoms with van der Waals surface area (Å²) in [6.07, 6.45) is -2.43. The average molecular weight is 316 g/mol. The molecule has 0 fully saturated rings. The first-order valence-electron chi connectivity index (χ1n) is 5.85. The summed E-state index contributed by atoms with van der Waals surface area (Å²) in [5.74, 6) is -0.523. The highest BCUT2D eigenvalue weighted by Crippen LogP contribution is 2.34. The lowest BCUT2D eigenvalue weighted by Gasteiger charge is -2.12. The fraction of sp³-hybridized carbons (Fsp3) is 0.273. The summed E-state index contributed by atoms with van der Waals surface area (Å²) < 4.78 is 44.2. The molecular weight excluding hydrogens is 305 g/mol. The number of primary amides is 1. The van der Waals surface area contributed by atoms with Crippen molar-refractivity contribution in [1.82, 2.24) is 20.0 Å². The van der Waals surface area contributed by atoms with E-state index in [1.807, 2.05) is 5.32 Å². The summed E-state index contributed by atoms with van der Waals surface area (Å²) in [6, 6.07) is -0.297. The number of carbonyl (C=O) groups is 1. The minimum Gasteiger partial charge on any atom is -0.378 e. The number of alkyl halides is 3. The van der Waals surface area contributed by atoms with Gasteiger partial charge in [-0.3, -0.25) is 0 Å². The Morgan fingerprint density at radius 2 is 2.18 bits per heavy atom. The summed E-state index contributed by atoms with van der Waals surface area (Å²) in [5.41, 5.74) is 3.91. The number of hydrogen-bond acceptors (Lipinski definition) is 5. The second kappa shape index (κ2) is 5.97. The Kier molecular flexibility index (Phi) is 4.26. The topological polar surface area (TPSA) is 108 Å². The molecule has 11 heteroatoms. The van der Waals surface area contributed by atoms with Gasteiger partial charge in [0.25, 0.3) is 0 Å². The molecule has 8 nitrogen and oxygen atoms in total. The quantitative estimate of drug-likeness (QED) is 0.884. The Bertz CT molecular complexity index is 685. The average Bonchev–Trinajstić information content (AvgIpc) is 2.86. The first-order valence-corrected chi connectivity index (χ1v) is 5.85. The van der Waals surface area contributed by atoms with Gasteiger partial charge in [0.05, 0.1) is 24.7 Å². The van der Waals surface area contributed by atoms with Crippen molar-refractivity contribution in [3.63, 3.8) is 0 Å². The van der Waals surface area contributed by atoms with Crippen molar-refractivity contribution in [1.29, 1.82) is 0 Å². The van der Waals surface area contributed by atoms with E-state index in [-0.39, 0.29) is 12.3 Å². The number of aromatic nitrogens is 4. The molecule has 2 rings (SSSR count). The molecule has 0 spiro atoms. The van der Waals surface area contributed by atoms with Gasteiger partial charge in [0.2, 0.25) is 0 Å². The van der Waals surface area contributed by atoms with Crippen molar-refractivity contribution in [2.45, 2.75) is 12.8 Å². The molecule has 2 aromatic heterocycles. The number of halogens is 3. The molecule has 0 radical (unpaired) electrons. The molecule has 0 saturated heterocycles. The van der Waals surface area contributed by atoms with Crippen LogP contribution in [0.1, 0.15) is 11.3 Å². The fourth-order valence-electron chi connectivity index (χ4n) is 1.65. The van der Waals surface area contributed by atoms with Gasteiger partial charge in [0, 0.05) is 7.11 Å². The van der Waals surface area contributed by atoms with E-state index in [0.717, 1.165) is 11.0 Å². The second-order valence-electron chi connectivity index (χ2n) is 4.14. The highest BCUT2D eigenvalue weighted by Gasteiger charge is 2.36. The molecule has 118 valence electrons. The summed E-state index contributed by atoms with van der Waals surface area (Å²) >= 11 is 0. The zero-order valence-corrected chi connectivity index (χ0v) is 11.3. The van der Waals surface area contributed by atoms with Gasteiger partial charge in [-0.2, -0.15) is 18.3 Å². The van der Waals surface area contributed by atoms with Gasteiger partial charge in [-0.05, 0) is 6.07 Å². The molecule has 2 amide bonds. The molecule has 0 bridgehead atoms. The maximum atomic E-state index is 13.1. The molecule has 0 aliphatic carbocycles. The standard InChI is InChI=1S/C11H11F3N6O2/c1-22-5-7-4-17-20(19-7)9-8(11(12,13)14)2-6(3-16-9)18-10(15)21/h2-4H,5H2,1H3,(H3,15,18,21). The van der Waals surface area contributed by atoms with Gasteiger partial charge in [0.15, 0.2) is 5.82 Å². The molecule has 2 heterocycles. The van der Waals surface area contributed by atoms with E-state index in [2.05, 4.69) is 15.2 Å². The Balaban J connectivity index is 2.47. The fourth-order valence-corrected chi connectivity index (χ4v) is 1.65. The number of anilines is 1. The molecule has 0 aliphatic rings. The number of methoxy groups -OCH3 is 1. The number of nitrogens with two attached hydrogens (primary N) is 1. The molecule has 0 atom stereocenters. The van der Waals surface area contributed by atoms with Crippen LogP contribution in [0.25, 0.3) is 5.82 Å². The predicted octanol–water partition coefficient (Wildman–Crippen LogP) is 1.32. The smallest absolute Gasteiger partial charge is 0.378 e. The van der Waals surface area contributed by atoms with Gasteiger partial charge in [-0.25, -0.2) is 9.78 Å². The Morgan fingerprint density at radius 1 is 1.45 bits per heavy atom. The molecule has 3 N–H and O–H groups in total. The number of urea groups is 1. The third-order valence-electron chi connectivity index (χ3n) is 2.46. The van der Waals surface area contributed by atoms with Crippen LogP contribution in [0.2, 0.25) is 0 Å². The number of amides is 2. The van der Waals surface area contributed by atoms with Crippen LogP contribution in [0.3, 0.4) is 0 Å². The first-order chi connectivity index (χ1) is 10.3. The normalized spacial score (nSPS) is 11.5. The van der Waals surface area contributed by atoms with Crippen LogP contribution in [0.4, 0.5) is 23.7 Å². The maximum Gasteiger partial charge on any atom is 0.420 e. The molecule has 2 aromatic rings. The Morgan fingerprint density at radius 3 is 2.77 bits per heavy atom. The summed E-state index contributed by atoms with van der Waals surface area (Å²) in [4.78, 5) is 15.1. The summed E-state index contributed by atoms with van der Waals surface area (Å²) in [5, 5.41) is 9.59. The Labute approximate surface area is 122 Å². The van der Waals surface area contributed by atoms with Gasteiger partial charge in [0.1, 0.15) is 11.3 Å². The number of nitrogens with one attached hydrogen (secondary N) is 1. The van der Waals surface area contributed by atoms with Crippen molar-refractivity contribution in [2.24, 2.45) is 5.73 Å². The minimum atomic E-state index is -4.72. The lowest BCUT2D eigenvalue weighted by atomic mass is 10.2. The molecule has 0 saturated carbocycles. The molecule has 22 heavy (non-hydrogen) atoms. The molecule has 0 aliphatic heterocycles.